The number of ether oxygens (including phenoxy) is 2. The van der Waals surface area contributed by atoms with Gasteiger partial charge in [0.25, 0.3) is 0 Å². The number of carbonyl (C=O) groups is 3. The summed E-state index contributed by atoms with van der Waals surface area (Å²) in [7, 11) is 1.31. The number of alkyl carbamates (subject to hydrolysis) is 1. The third kappa shape index (κ3) is 4.41. The van der Waals surface area contributed by atoms with E-state index in [-0.39, 0.29) is 12.5 Å². The highest BCUT2D eigenvalue weighted by Gasteiger charge is 2.42. The molecule has 0 saturated carbocycles. The van der Waals surface area contributed by atoms with Gasteiger partial charge in [0, 0.05) is 23.0 Å². The van der Waals surface area contributed by atoms with Crippen LogP contribution in [0.25, 0.3) is 10.9 Å². The Kier molecular flexibility index (Phi) is 6.35. The van der Waals surface area contributed by atoms with Crippen LogP contribution in [0.5, 0.6) is 0 Å². The molecule has 33 heavy (non-hydrogen) atoms. The molecule has 3 aromatic rings. The molecule has 172 valence electrons. The molecule has 2 N–H and O–H groups in total. The van der Waals surface area contributed by atoms with Gasteiger partial charge in [-0.05, 0) is 31.0 Å². The molecule has 1 aromatic heterocycles. The Balaban J connectivity index is 1.52. The summed E-state index contributed by atoms with van der Waals surface area (Å²) in [4.78, 5) is 43.2. The Bertz CT molecular complexity index is 1170. The molecule has 0 aliphatic carbocycles. The predicted octanol–water partition coefficient (Wildman–Crippen LogP) is 3.47. The number of aromatic nitrogens is 1. The maximum absolute atomic E-state index is 13.4. The van der Waals surface area contributed by atoms with E-state index in [4.69, 9.17) is 9.47 Å². The van der Waals surface area contributed by atoms with E-state index in [2.05, 4.69) is 10.3 Å². The number of benzene rings is 2. The standard InChI is InChI=1S/C25H27N3O5/c1-15(26-25(31)33-14-17-9-5-4-6-10-17)23(29)28-16(2)22-19(13-21(28)24(30)32-3)18-11-7-8-12-20(18)27-22/h4-12,15-16,21,27H,13-14H2,1-3H3,(H,26,31)/t15-,16+,21+/m0/s1. The van der Waals surface area contributed by atoms with E-state index in [1.807, 2.05) is 61.5 Å². The monoisotopic (exact) mass is 449 g/mol. The highest BCUT2D eigenvalue weighted by molar-refractivity contribution is 5.92. The fourth-order valence-electron chi connectivity index (χ4n) is 4.40. The van der Waals surface area contributed by atoms with E-state index in [1.54, 1.807) is 6.92 Å². The lowest BCUT2D eigenvalue weighted by Gasteiger charge is -2.40. The zero-order valence-electron chi connectivity index (χ0n) is 18.8. The second-order valence-corrected chi connectivity index (χ2v) is 8.16. The summed E-state index contributed by atoms with van der Waals surface area (Å²) in [6.07, 6.45) is -0.377. The smallest absolute Gasteiger partial charge is 0.408 e. The van der Waals surface area contributed by atoms with Crippen molar-refractivity contribution in [2.24, 2.45) is 0 Å². The number of nitrogens with zero attached hydrogens (tertiary/aromatic N) is 1. The number of aromatic amines is 1. The van der Waals surface area contributed by atoms with Gasteiger partial charge in [-0.15, -0.1) is 0 Å². The normalized spacial score (nSPS) is 18.3. The number of hydrogen-bond donors (Lipinski definition) is 2. The summed E-state index contributed by atoms with van der Waals surface area (Å²) >= 11 is 0. The van der Waals surface area contributed by atoms with Crippen LogP contribution >= 0.6 is 0 Å². The first-order valence-electron chi connectivity index (χ1n) is 10.9. The lowest BCUT2D eigenvalue weighted by molar-refractivity contribution is -0.156. The molecule has 2 heterocycles. The summed E-state index contributed by atoms with van der Waals surface area (Å²) in [6.45, 7) is 3.53. The molecule has 1 aliphatic rings. The average molecular weight is 450 g/mol. The molecule has 3 atom stereocenters. The van der Waals surface area contributed by atoms with E-state index in [9.17, 15) is 14.4 Å². The quantitative estimate of drug-likeness (QED) is 0.581. The summed E-state index contributed by atoms with van der Waals surface area (Å²) in [5, 5.41) is 3.61. The molecule has 8 heteroatoms. The second kappa shape index (κ2) is 9.36. The van der Waals surface area contributed by atoms with Gasteiger partial charge in [-0.2, -0.15) is 0 Å². The van der Waals surface area contributed by atoms with Gasteiger partial charge in [0.15, 0.2) is 0 Å². The number of amides is 2. The van der Waals surface area contributed by atoms with Gasteiger partial charge in [0.1, 0.15) is 18.7 Å². The van der Waals surface area contributed by atoms with Gasteiger partial charge < -0.3 is 24.7 Å². The summed E-state index contributed by atoms with van der Waals surface area (Å²) in [6, 6.07) is 15.0. The van der Waals surface area contributed by atoms with Crippen molar-refractivity contribution in [2.75, 3.05) is 7.11 Å². The highest BCUT2D eigenvalue weighted by atomic mass is 16.5. The van der Waals surface area contributed by atoms with E-state index in [0.717, 1.165) is 27.7 Å². The molecule has 2 amide bonds. The van der Waals surface area contributed by atoms with E-state index >= 15 is 0 Å². The molecule has 1 aliphatic heterocycles. The van der Waals surface area contributed by atoms with Gasteiger partial charge in [0.05, 0.1) is 13.2 Å². The zero-order valence-corrected chi connectivity index (χ0v) is 18.8. The van der Waals surface area contributed by atoms with E-state index in [0.29, 0.717) is 6.42 Å². The van der Waals surface area contributed by atoms with E-state index < -0.39 is 30.2 Å². The van der Waals surface area contributed by atoms with Crippen molar-refractivity contribution < 1.29 is 23.9 Å². The molecule has 0 fully saturated rings. The topological polar surface area (TPSA) is 101 Å². The maximum atomic E-state index is 13.4. The van der Waals surface area contributed by atoms with Crippen molar-refractivity contribution in [2.45, 2.75) is 45.0 Å². The third-order valence-corrected chi connectivity index (χ3v) is 6.06. The van der Waals surface area contributed by atoms with Crippen LogP contribution in [-0.2, 0) is 32.1 Å². The van der Waals surface area contributed by atoms with Crippen molar-refractivity contribution >= 4 is 28.9 Å². The van der Waals surface area contributed by atoms with Crippen molar-refractivity contribution in [3.63, 3.8) is 0 Å². The minimum Gasteiger partial charge on any atom is -0.467 e. The molecule has 2 aromatic carbocycles. The number of fused-ring (bicyclic) bond motifs is 3. The fourth-order valence-corrected chi connectivity index (χ4v) is 4.40. The van der Waals surface area contributed by atoms with E-state index in [1.165, 1.54) is 12.0 Å². The summed E-state index contributed by atoms with van der Waals surface area (Å²) in [5.41, 5.74) is 3.67. The number of H-pyrrole nitrogens is 1. The Morgan fingerprint density at radius 3 is 2.55 bits per heavy atom. The van der Waals surface area contributed by atoms with Gasteiger partial charge in [0.2, 0.25) is 5.91 Å². The minimum atomic E-state index is -0.895. The molecule has 8 nitrogen and oxygen atoms in total. The lowest BCUT2D eigenvalue weighted by atomic mass is 9.91. The predicted molar refractivity (Wildman–Crippen MR) is 122 cm³/mol. The second-order valence-electron chi connectivity index (χ2n) is 8.16. The molecule has 0 spiro atoms. The number of rotatable bonds is 5. The summed E-state index contributed by atoms with van der Waals surface area (Å²) < 4.78 is 10.3. The maximum Gasteiger partial charge on any atom is 0.408 e. The molecular formula is C25H27N3O5. The number of methoxy groups -OCH3 is 1. The van der Waals surface area contributed by atoms with Crippen molar-refractivity contribution in [1.29, 1.82) is 0 Å². The van der Waals surface area contributed by atoms with Crippen LogP contribution in [0, 0.1) is 0 Å². The molecule has 0 saturated heterocycles. The average Bonchev–Trinajstić information content (AvgIpc) is 3.21. The van der Waals surface area contributed by atoms with Crippen LogP contribution < -0.4 is 5.32 Å². The van der Waals surface area contributed by atoms with Gasteiger partial charge >= 0.3 is 12.1 Å². The first kappa shape index (κ1) is 22.4. The first-order chi connectivity index (χ1) is 15.9. The number of esters is 1. The van der Waals surface area contributed by atoms with Gasteiger partial charge in [-0.25, -0.2) is 9.59 Å². The van der Waals surface area contributed by atoms with Crippen LogP contribution in [0.15, 0.2) is 54.6 Å². The van der Waals surface area contributed by atoms with Crippen LogP contribution in [0.2, 0.25) is 0 Å². The number of nitrogens with one attached hydrogen (secondary N) is 2. The zero-order chi connectivity index (χ0) is 23.5. The van der Waals surface area contributed by atoms with Crippen molar-refractivity contribution in [3.8, 4) is 0 Å². The molecular weight excluding hydrogens is 422 g/mol. The number of para-hydroxylation sites is 1. The van der Waals surface area contributed by atoms with Crippen molar-refractivity contribution in [3.05, 3.63) is 71.4 Å². The number of hydrogen-bond acceptors (Lipinski definition) is 5. The largest absolute Gasteiger partial charge is 0.467 e. The van der Waals surface area contributed by atoms with Crippen LogP contribution in [0.3, 0.4) is 0 Å². The van der Waals surface area contributed by atoms with Crippen LogP contribution in [0.4, 0.5) is 4.79 Å². The van der Waals surface area contributed by atoms with Crippen molar-refractivity contribution in [1.82, 2.24) is 15.2 Å². The Morgan fingerprint density at radius 1 is 1.12 bits per heavy atom. The Hall–Kier alpha value is -3.81. The molecule has 0 radical (unpaired) electrons. The Labute approximate surface area is 191 Å². The number of carbonyl (C=O) groups excluding carboxylic acids is 3. The SMILES string of the molecule is COC(=O)[C@H]1Cc2c([nH]c3ccccc23)[C@@H](C)N1C(=O)[C@H](C)NC(=O)OCc1ccccc1. The lowest BCUT2D eigenvalue weighted by Crippen LogP contribution is -2.56. The van der Waals surface area contributed by atoms with Crippen LogP contribution in [-0.4, -0.2) is 47.0 Å². The Morgan fingerprint density at radius 2 is 1.82 bits per heavy atom. The molecule has 0 bridgehead atoms. The van der Waals surface area contributed by atoms with Gasteiger partial charge in [-0.3, -0.25) is 4.79 Å². The fraction of sp³-hybridized carbons (Fsp3) is 0.320. The van der Waals surface area contributed by atoms with Gasteiger partial charge in [-0.1, -0.05) is 48.5 Å². The van der Waals surface area contributed by atoms with Crippen LogP contribution in [0.1, 0.15) is 36.7 Å². The molecule has 0 unspecified atom stereocenters. The third-order valence-electron chi connectivity index (χ3n) is 6.06. The highest BCUT2D eigenvalue weighted by Crippen LogP contribution is 2.37. The first-order valence-corrected chi connectivity index (χ1v) is 10.9. The molecule has 4 rings (SSSR count). The minimum absolute atomic E-state index is 0.0942. The summed E-state index contributed by atoms with van der Waals surface area (Å²) in [5.74, 6) is -0.885.